The summed E-state index contributed by atoms with van der Waals surface area (Å²) >= 11 is 0. The molecule has 0 saturated heterocycles. The predicted molar refractivity (Wildman–Crippen MR) is 63.1 cm³/mol. The zero-order valence-electron chi connectivity index (χ0n) is 9.23. The molecular formula is C11H12FNO3S. The fourth-order valence-electron chi connectivity index (χ4n) is 1.47. The Hall–Kier alpha value is -1.74. The van der Waals surface area contributed by atoms with E-state index in [1.54, 1.807) is 0 Å². The van der Waals surface area contributed by atoms with Crippen molar-refractivity contribution in [3.8, 4) is 18.1 Å². The number of rotatable bonds is 4. The maximum absolute atomic E-state index is 12.2. The van der Waals surface area contributed by atoms with Gasteiger partial charge in [0.15, 0.2) is 15.6 Å². The van der Waals surface area contributed by atoms with Crippen molar-refractivity contribution >= 4 is 15.5 Å². The van der Waals surface area contributed by atoms with E-state index in [2.05, 4.69) is 5.92 Å². The Bertz CT molecular complexity index is 561. The van der Waals surface area contributed by atoms with Crippen molar-refractivity contribution in [3.63, 3.8) is 0 Å². The van der Waals surface area contributed by atoms with Gasteiger partial charge in [-0.2, -0.15) is 0 Å². The predicted octanol–water partition coefficient (Wildman–Crippen LogP) is 1.15. The molecule has 1 aromatic carbocycles. The van der Waals surface area contributed by atoms with Crippen LogP contribution >= 0.6 is 0 Å². The van der Waals surface area contributed by atoms with Gasteiger partial charge in [-0.1, -0.05) is 0 Å². The highest BCUT2D eigenvalue weighted by atomic mass is 32.2. The first-order chi connectivity index (χ1) is 7.91. The standard InChI is InChI=1S/C11H12FNO3S/c1-3-4-8-10(17(2,14)15)6-5-9(13)11(8)16-7-12/h1,5-6H,4,7,13H2,2H3. The number of benzene rings is 1. The zero-order chi connectivity index (χ0) is 13.1. The van der Waals surface area contributed by atoms with E-state index in [0.717, 1.165) is 6.26 Å². The molecule has 0 aliphatic heterocycles. The van der Waals surface area contributed by atoms with Crippen LogP contribution < -0.4 is 10.5 Å². The molecule has 17 heavy (non-hydrogen) atoms. The lowest BCUT2D eigenvalue weighted by Crippen LogP contribution is -2.07. The minimum atomic E-state index is -3.47. The summed E-state index contributed by atoms with van der Waals surface area (Å²) in [4.78, 5) is 0.00750. The van der Waals surface area contributed by atoms with Crippen molar-refractivity contribution in [2.75, 3.05) is 18.9 Å². The first kappa shape index (κ1) is 13.3. The van der Waals surface area contributed by atoms with Crippen LogP contribution in [0, 0.1) is 12.3 Å². The van der Waals surface area contributed by atoms with Gasteiger partial charge in [0.1, 0.15) is 0 Å². The molecule has 6 heteroatoms. The molecule has 0 fully saturated rings. The average molecular weight is 257 g/mol. The number of anilines is 1. The molecule has 0 heterocycles. The van der Waals surface area contributed by atoms with Gasteiger partial charge < -0.3 is 10.5 Å². The van der Waals surface area contributed by atoms with E-state index in [9.17, 15) is 12.8 Å². The van der Waals surface area contributed by atoms with Crippen molar-refractivity contribution in [2.45, 2.75) is 11.3 Å². The third-order valence-corrected chi connectivity index (χ3v) is 3.31. The summed E-state index contributed by atoms with van der Waals surface area (Å²) in [7, 11) is -3.47. The van der Waals surface area contributed by atoms with Gasteiger partial charge in [0.05, 0.1) is 10.6 Å². The van der Waals surface area contributed by atoms with E-state index < -0.39 is 16.7 Å². The molecule has 0 saturated carbocycles. The number of hydrogen-bond acceptors (Lipinski definition) is 4. The molecule has 0 spiro atoms. The molecule has 2 N–H and O–H groups in total. The maximum Gasteiger partial charge on any atom is 0.228 e. The van der Waals surface area contributed by atoms with E-state index >= 15 is 0 Å². The Morgan fingerprint density at radius 3 is 2.65 bits per heavy atom. The number of terminal acetylenes is 1. The Morgan fingerprint density at radius 2 is 2.18 bits per heavy atom. The van der Waals surface area contributed by atoms with Gasteiger partial charge in [-0.3, -0.25) is 0 Å². The Labute approximate surface area is 99.5 Å². The highest BCUT2D eigenvalue weighted by molar-refractivity contribution is 7.90. The van der Waals surface area contributed by atoms with E-state index in [1.807, 2.05) is 0 Å². The van der Waals surface area contributed by atoms with Gasteiger partial charge in [-0.25, -0.2) is 12.8 Å². The van der Waals surface area contributed by atoms with Gasteiger partial charge in [-0.05, 0) is 12.1 Å². The minimum absolute atomic E-state index is 0.00275. The minimum Gasteiger partial charge on any atom is -0.460 e. The van der Waals surface area contributed by atoms with Gasteiger partial charge in [0, 0.05) is 18.2 Å². The van der Waals surface area contributed by atoms with Crippen LogP contribution in [0.1, 0.15) is 5.56 Å². The molecular weight excluding hydrogens is 245 g/mol. The second kappa shape index (κ2) is 5.06. The number of nitrogen functional groups attached to an aromatic ring is 1. The summed E-state index contributed by atoms with van der Waals surface area (Å²) in [6.07, 6.45) is 6.20. The lowest BCUT2D eigenvalue weighted by atomic mass is 10.1. The molecule has 0 amide bonds. The first-order valence-corrected chi connectivity index (χ1v) is 6.54. The monoisotopic (exact) mass is 257 g/mol. The normalized spacial score (nSPS) is 10.9. The lowest BCUT2D eigenvalue weighted by molar-refractivity contribution is 0.191. The smallest absolute Gasteiger partial charge is 0.228 e. The molecule has 0 aliphatic carbocycles. The first-order valence-electron chi connectivity index (χ1n) is 4.65. The van der Waals surface area contributed by atoms with Crippen LogP contribution in [-0.2, 0) is 16.3 Å². The maximum atomic E-state index is 12.2. The van der Waals surface area contributed by atoms with Crippen LogP contribution in [0.2, 0.25) is 0 Å². The summed E-state index contributed by atoms with van der Waals surface area (Å²) in [5.41, 5.74) is 5.96. The second-order valence-electron chi connectivity index (χ2n) is 3.37. The van der Waals surface area contributed by atoms with Crippen molar-refractivity contribution in [2.24, 2.45) is 0 Å². The topological polar surface area (TPSA) is 69.4 Å². The lowest BCUT2D eigenvalue weighted by Gasteiger charge is -2.13. The van der Waals surface area contributed by atoms with Crippen molar-refractivity contribution in [3.05, 3.63) is 17.7 Å². The molecule has 0 unspecified atom stereocenters. The van der Waals surface area contributed by atoms with Gasteiger partial charge in [-0.15, -0.1) is 12.3 Å². The van der Waals surface area contributed by atoms with E-state index in [0.29, 0.717) is 0 Å². The number of alkyl halides is 1. The van der Waals surface area contributed by atoms with Crippen LogP contribution in [0.4, 0.5) is 10.1 Å². The summed E-state index contributed by atoms with van der Waals surface area (Å²) in [6.45, 7) is -1.10. The van der Waals surface area contributed by atoms with E-state index in [1.165, 1.54) is 12.1 Å². The van der Waals surface area contributed by atoms with Crippen LogP contribution in [0.25, 0.3) is 0 Å². The molecule has 0 atom stereocenters. The Balaban J connectivity index is 3.54. The third-order valence-electron chi connectivity index (χ3n) is 2.13. The van der Waals surface area contributed by atoms with E-state index in [-0.39, 0.29) is 28.3 Å². The summed E-state index contributed by atoms with van der Waals surface area (Å²) in [5, 5.41) is 0. The molecule has 0 aromatic heterocycles. The largest absolute Gasteiger partial charge is 0.460 e. The van der Waals surface area contributed by atoms with Crippen LogP contribution in [-0.4, -0.2) is 21.5 Å². The SMILES string of the molecule is C#CCc1c(S(C)(=O)=O)ccc(N)c1OCF. The summed E-state index contributed by atoms with van der Waals surface area (Å²) in [6, 6.07) is 2.68. The van der Waals surface area contributed by atoms with Gasteiger partial charge >= 0.3 is 0 Å². The number of ether oxygens (including phenoxy) is 1. The quantitative estimate of drug-likeness (QED) is 0.649. The van der Waals surface area contributed by atoms with Crippen molar-refractivity contribution in [1.29, 1.82) is 0 Å². The molecule has 0 radical (unpaired) electrons. The fraction of sp³-hybridized carbons (Fsp3) is 0.273. The molecule has 0 bridgehead atoms. The number of halogens is 1. The highest BCUT2D eigenvalue weighted by Crippen LogP contribution is 2.32. The molecule has 4 nitrogen and oxygen atoms in total. The zero-order valence-corrected chi connectivity index (χ0v) is 10.1. The highest BCUT2D eigenvalue weighted by Gasteiger charge is 2.19. The Kier molecular flexibility index (Phi) is 3.97. The van der Waals surface area contributed by atoms with Crippen LogP contribution in [0.5, 0.6) is 5.75 Å². The molecule has 92 valence electrons. The Morgan fingerprint density at radius 1 is 1.53 bits per heavy atom. The number of nitrogens with two attached hydrogens (primary N) is 1. The number of sulfone groups is 1. The van der Waals surface area contributed by atoms with Crippen molar-refractivity contribution in [1.82, 2.24) is 0 Å². The molecule has 0 aliphatic rings. The average Bonchev–Trinajstić information content (AvgIpc) is 2.22. The van der Waals surface area contributed by atoms with Gasteiger partial charge in [0.25, 0.3) is 0 Å². The molecule has 1 rings (SSSR count). The summed E-state index contributed by atoms with van der Waals surface area (Å²) in [5.74, 6) is 2.29. The fourth-order valence-corrected chi connectivity index (χ4v) is 2.40. The third kappa shape index (κ3) is 2.88. The van der Waals surface area contributed by atoms with Crippen LogP contribution in [0.3, 0.4) is 0 Å². The van der Waals surface area contributed by atoms with Crippen molar-refractivity contribution < 1.29 is 17.5 Å². The molecule has 1 aromatic rings. The summed E-state index contributed by atoms with van der Waals surface area (Å²) < 4.78 is 40.0. The van der Waals surface area contributed by atoms with Crippen LogP contribution in [0.15, 0.2) is 17.0 Å². The van der Waals surface area contributed by atoms with Gasteiger partial charge in [0.2, 0.25) is 6.86 Å². The van der Waals surface area contributed by atoms with E-state index in [4.69, 9.17) is 16.9 Å². The number of hydrogen-bond donors (Lipinski definition) is 1. The second-order valence-corrected chi connectivity index (χ2v) is 5.35.